The molecule has 8 heteroatoms. The van der Waals surface area contributed by atoms with Crippen LogP contribution in [0.15, 0.2) is 23.1 Å². The number of piperidine rings is 2. The minimum absolute atomic E-state index is 0.0377. The fourth-order valence-electron chi connectivity index (χ4n) is 5.26. The molecular formula is C24H39N3O4S. The molecule has 2 saturated heterocycles. The van der Waals surface area contributed by atoms with Crippen LogP contribution in [0.25, 0.3) is 0 Å². The molecule has 0 spiro atoms. The van der Waals surface area contributed by atoms with Gasteiger partial charge in [0.1, 0.15) is 10.6 Å². The van der Waals surface area contributed by atoms with Crippen molar-refractivity contribution in [3.8, 4) is 5.75 Å². The summed E-state index contributed by atoms with van der Waals surface area (Å²) < 4.78 is 33.7. The van der Waals surface area contributed by atoms with Crippen molar-refractivity contribution in [2.75, 3.05) is 33.3 Å². The minimum Gasteiger partial charge on any atom is -0.495 e. The van der Waals surface area contributed by atoms with Gasteiger partial charge in [0.2, 0.25) is 10.0 Å². The largest absolute Gasteiger partial charge is 0.495 e. The van der Waals surface area contributed by atoms with E-state index in [0.29, 0.717) is 23.9 Å². The van der Waals surface area contributed by atoms with Crippen LogP contribution in [0.4, 0.5) is 0 Å². The lowest BCUT2D eigenvalue weighted by Crippen LogP contribution is -2.47. The number of hydrogen-bond donors (Lipinski definition) is 1. The molecule has 1 aromatic carbocycles. The zero-order valence-electron chi connectivity index (χ0n) is 20.1. The van der Waals surface area contributed by atoms with Gasteiger partial charge >= 0.3 is 0 Å². The van der Waals surface area contributed by atoms with Gasteiger partial charge in [-0.3, -0.25) is 4.79 Å². The van der Waals surface area contributed by atoms with E-state index < -0.39 is 10.0 Å². The molecule has 0 radical (unpaired) electrons. The average molecular weight is 466 g/mol. The third kappa shape index (κ3) is 5.83. The van der Waals surface area contributed by atoms with Gasteiger partial charge in [-0.25, -0.2) is 8.42 Å². The van der Waals surface area contributed by atoms with Gasteiger partial charge in [0.25, 0.3) is 5.91 Å². The molecule has 1 amide bonds. The van der Waals surface area contributed by atoms with Crippen LogP contribution in [-0.2, 0) is 10.0 Å². The molecule has 2 heterocycles. The first-order chi connectivity index (χ1) is 15.1. The number of carbonyl (C=O) groups excluding carboxylic acids is 1. The number of benzene rings is 1. The first kappa shape index (κ1) is 25.0. The standard InChI is InChI=1S/C24H39N3O4S/c1-17-12-18(2)15-26(14-17)16-19(3)25-24(28)21-9-10-22(31-5)23(13-21)32(29,30)27-11-7-6-8-20(27)4/h9-10,13,17-20H,6-8,11-12,14-16H2,1-5H3,(H,25,28). The van der Waals surface area contributed by atoms with Crippen LogP contribution < -0.4 is 10.1 Å². The zero-order valence-corrected chi connectivity index (χ0v) is 21.0. The lowest BCUT2D eigenvalue weighted by molar-refractivity contribution is 0.0904. The van der Waals surface area contributed by atoms with Gasteiger partial charge in [0, 0.05) is 43.8 Å². The monoisotopic (exact) mass is 465 g/mol. The Morgan fingerprint density at radius 2 is 1.88 bits per heavy atom. The number of sulfonamides is 1. The summed E-state index contributed by atoms with van der Waals surface area (Å²) in [7, 11) is -2.30. The SMILES string of the molecule is COc1ccc(C(=O)NC(C)CN2CC(C)CC(C)C2)cc1S(=O)(=O)N1CCCCC1C. The van der Waals surface area contributed by atoms with E-state index in [2.05, 4.69) is 24.1 Å². The summed E-state index contributed by atoms with van der Waals surface area (Å²) in [5.41, 5.74) is 0.335. The van der Waals surface area contributed by atoms with Crippen LogP contribution in [0.2, 0.25) is 0 Å². The predicted molar refractivity (Wildman–Crippen MR) is 127 cm³/mol. The van der Waals surface area contributed by atoms with Crippen molar-refractivity contribution < 1.29 is 17.9 Å². The minimum atomic E-state index is -3.75. The van der Waals surface area contributed by atoms with Gasteiger partial charge < -0.3 is 15.0 Å². The molecule has 3 rings (SSSR count). The second kappa shape index (κ2) is 10.5. The molecule has 1 aromatic rings. The smallest absolute Gasteiger partial charge is 0.251 e. The summed E-state index contributed by atoms with van der Waals surface area (Å²) in [6, 6.07) is 4.57. The fourth-order valence-corrected chi connectivity index (χ4v) is 7.14. The predicted octanol–water partition coefficient (Wildman–Crippen LogP) is 3.35. The van der Waals surface area contributed by atoms with E-state index in [9.17, 15) is 13.2 Å². The highest BCUT2D eigenvalue weighted by Crippen LogP contribution is 2.31. The Kier molecular flexibility index (Phi) is 8.22. The first-order valence-corrected chi connectivity index (χ1v) is 13.3. The van der Waals surface area contributed by atoms with Crippen molar-refractivity contribution in [2.45, 2.75) is 70.4 Å². The van der Waals surface area contributed by atoms with Crippen LogP contribution >= 0.6 is 0 Å². The summed E-state index contributed by atoms with van der Waals surface area (Å²) in [5, 5.41) is 3.05. The van der Waals surface area contributed by atoms with E-state index in [1.165, 1.54) is 23.9 Å². The maximum Gasteiger partial charge on any atom is 0.251 e. The number of methoxy groups -OCH3 is 1. The average Bonchev–Trinajstić information content (AvgIpc) is 2.72. The van der Waals surface area contributed by atoms with Crippen LogP contribution in [0, 0.1) is 11.8 Å². The van der Waals surface area contributed by atoms with E-state index in [-0.39, 0.29) is 28.6 Å². The topological polar surface area (TPSA) is 79.0 Å². The van der Waals surface area contributed by atoms with Gasteiger partial charge in [-0.1, -0.05) is 20.3 Å². The molecule has 2 aliphatic rings. The Bertz CT molecular complexity index is 895. The molecule has 0 saturated carbocycles. The Balaban J connectivity index is 1.74. The number of nitrogens with one attached hydrogen (secondary N) is 1. The molecule has 7 nitrogen and oxygen atoms in total. The Morgan fingerprint density at radius 1 is 1.19 bits per heavy atom. The van der Waals surface area contributed by atoms with Crippen LogP contribution in [-0.4, -0.2) is 68.9 Å². The molecule has 180 valence electrons. The van der Waals surface area contributed by atoms with Crippen molar-refractivity contribution >= 4 is 15.9 Å². The van der Waals surface area contributed by atoms with Crippen molar-refractivity contribution in [3.63, 3.8) is 0 Å². The number of amides is 1. The molecule has 1 N–H and O–H groups in total. The number of hydrogen-bond acceptors (Lipinski definition) is 5. The molecule has 32 heavy (non-hydrogen) atoms. The number of likely N-dealkylation sites (tertiary alicyclic amines) is 1. The van der Waals surface area contributed by atoms with E-state index in [1.807, 2.05) is 13.8 Å². The molecule has 4 unspecified atom stereocenters. The Hall–Kier alpha value is -1.64. The molecule has 0 aromatic heterocycles. The van der Waals surface area contributed by atoms with Crippen LogP contribution in [0.5, 0.6) is 5.75 Å². The highest BCUT2D eigenvalue weighted by atomic mass is 32.2. The number of rotatable bonds is 7. The van der Waals surface area contributed by atoms with E-state index in [0.717, 1.165) is 38.9 Å². The molecule has 2 aliphatic heterocycles. The third-order valence-corrected chi connectivity index (χ3v) is 8.64. The summed E-state index contributed by atoms with van der Waals surface area (Å²) >= 11 is 0. The quantitative estimate of drug-likeness (QED) is 0.668. The van der Waals surface area contributed by atoms with Gasteiger partial charge in [-0.05, 0) is 63.1 Å². The number of ether oxygens (including phenoxy) is 1. The summed E-state index contributed by atoms with van der Waals surface area (Å²) in [6.45, 7) is 11.8. The summed E-state index contributed by atoms with van der Waals surface area (Å²) in [4.78, 5) is 15.4. The normalized spacial score (nSPS) is 26.5. The highest BCUT2D eigenvalue weighted by Gasteiger charge is 2.33. The highest BCUT2D eigenvalue weighted by molar-refractivity contribution is 7.89. The lowest BCUT2D eigenvalue weighted by atomic mass is 9.92. The van der Waals surface area contributed by atoms with Crippen LogP contribution in [0.3, 0.4) is 0 Å². The first-order valence-electron chi connectivity index (χ1n) is 11.8. The Morgan fingerprint density at radius 3 is 2.50 bits per heavy atom. The summed E-state index contributed by atoms with van der Waals surface area (Å²) in [6.07, 6.45) is 3.96. The van der Waals surface area contributed by atoms with Crippen LogP contribution in [0.1, 0.15) is 63.7 Å². The molecule has 2 fully saturated rings. The molecule has 4 atom stereocenters. The van der Waals surface area contributed by atoms with Crippen molar-refractivity contribution in [3.05, 3.63) is 23.8 Å². The maximum absolute atomic E-state index is 13.4. The van der Waals surface area contributed by atoms with E-state index in [1.54, 1.807) is 12.1 Å². The van der Waals surface area contributed by atoms with Gasteiger partial charge in [-0.15, -0.1) is 0 Å². The van der Waals surface area contributed by atoms with Gasteiger partial charge in [0.15, 0.2) is 0 Å². The van der Waals surface area contributed by atoms with E-state index in [4.69, 9.17) is 4.74 Å². The van der Waals surface area contributed by atoms with Gasteiger partial charge in [0.05, 0.1) is 7.11 Å². The zero-order chi connectivity index (χ0) is 23.5. The number of nitrogens with zero attached hydrogens (tertiary/aromatic N) is 2. The third-order valence-electron chi connectivity index (χ3n) is 6.61. The molecular weight excluding hydrogens is 426 g/mol. The maximum atomic E-state index is 13.4. The van der Waals surface area contributed by atoms with Crippen molar-refractivity contribution in [1.82, 2.24) is 14.5 Å². The second-order valence-electron chi connectivity index (χ2n) is 9.87. The lowest BCUT2D eigenvalue weighted by Gasteiger charge is -2.36. The molecule has 0 aliphatic carbocycles. The Labute approximate surface area is 193 Å². The van der Waals surface area contributed by atoms with Crippen molar-refractivity contribution in [2.24, 2.45) is 11.8 Å². The molecule has 0 bridgehead atoms. The number of carbonyl (C=O) groups is 1. The summed E-state index contributed by atoms with van der Waals surface area (Å²) in [5.74, 6) is 1.33. The van der Waals surface area contributed by atoms with Crippen molar-refractivity contribution in [1.29, 1.82) is 0 Å². The van der Waals surface area contributed by atoms with Gasteiger partial charge in [-0.2, -0.15) is 4.31 Å². The van der Waals surface area contributed by atoms with E-state index >= 15 is 0 Å². The second-order valence-corrected chi connectivity index (χ2v) is 11.7. The fraction of sp³-hybridized carbons (Fsp3) is 0.708.